The molecule has 3 aromatic rings. The van der Waals surface area contributed by atoms with Crippen molar-refractivity contribution in [2.24, 2.45) is 5.14 Å². The summed E-state index contributed by atoms with van der Waals surface area (Å²) >= 11 is 0. The highest BCUT2D eigenvalue weighted by atomic mass is 32.2. The maximum Gasteiger partial charge on any atom is 0.307 e. The predicted octanol–water partition coefficient (Wildman–Crippen LogP) is 2.73. The van der Waals surface area contributed by atoms with Crippen LogP contribution in [0.3, 0.4) is 0 Å². The normalized spacial score (nSPS) is 11.5. The Balaban J connectivity index is 2.11. The zero-order valence-electron chi connectivity index (χ0n) is 14.1. The minimum atomic E-state index is -3.77. The van der Waals surface area contributed by atoms with Gasteiger partial charge >= 0.3 is 5.97 Å². The highest BCUT2D eigenvalue weighted by Crippen LogP contribution is 2.27. The molecule has 0 unspecified atom stereocenters. The van der Waals surface area contributed by atoms with E-state index < -0.39 is 16.0 Å². The molecule has 7 heteroatoms. The summed E-state index contributed by atoms with van der Waals surface area (Å²) in [6.07, 6.45) is 1.65. The minimum Gasteiger partial charge on any atom is -0.481 e. The van der Waals surface area contributed by atoms with Gasteiger partial charge in [-0.1, -0.05) is 29.8 Å². The second-order valence-corrected chi connectivity index (χ2v) is 7.64. The maximum atomic E-state index is 11.4. The molecule has 2 aromatic carbocycles. The minimum absolute atomic E-state index is 0.0241. The molecular weight excluding hydrogens is 352 g/mol. The zero-order valence-corrected chi connectivity index (χ0v) is 14.9. The van der Waals surface area contributed by atoms with Gasteiger partial charge in [0.25, 0.3) is 0 Å². The molecule has 134 valence electrons. The smallest absolute Gasteiger partial charge is 0.307 e. The number of aliphatic carboxylic acids is 1. The van der Waals surface area contributed by atoms with Gasteiger partial charge in [0, 0.05) is 11.9 Å². The van der Waals surface area contributed by atoms with Gasteiger partial charge in [-0.15, -0.1) is 0 Å². The Kier molecular flexibility index (Phi) is 4.67. The monoisotopic (exact) mass is 370 g/mol. The van der Waals surface area contributed by atoms with Gasteiger partial charge in [-0.3, -0.25) is 4.79 Å². The van der Waals surface area contributed by atoms with Gasteiger partial charge in [0.05, 0.1) is 17.0 Å². The third-order valence-corrected chi connectivity index (χ3v) is 4.95. The molecule has 0 saturated heterocycles. The fourth-order valence-corrected chi connectivity index (χ4v) is 3.26. The number of benzene rings is 2. The van der Waals surface area contributed by atoms with Crippen LogP contribution in [0.25, 0.3) is 16.9 Å². The predicted molar refractivity (Wildman–Crippen MR) is 98.7 cm³/mol. The van der Waals surface area contributed by atoms with E-state index in [0.717, 1.165) is 16.8 Å². The van der Waals surface area contributed by atoms with E-state index in [1.165, 1.54) is 12.1 Å². The van der Waals surface area contributed by atoms with Crippen molar-refractivity contribution in [2.75, 3.05) is 0 Å². The van der Waals surface area contributed by atoms with Crippen molar-refractivity contribution in [3.8, 4) is 16.9 Å². The van der Waals surface area contributed by atoms with Gasteiger partial charge in [-0.25, -0.2) is 13.6 Å². The molecular formula is C19H18N2O4S. The number of aryl methyl sites for hydroxylation is 1. The molecule has 0 amide bonds. The Morgan fingerprint density at radius 1 is 1.08 bits per heavy atom. The molecule has 3 rings (SSSR count). The lowest BCUT2D eigenvalue weighted by Crippen LogP contribution is -2.12. The van der Waals surface area contributed by atoms with Gasteiger partial charge in [0.2, 0.25) is 10.0 Å². The molecule has 0 aliphatic carbocycles. The van der Waals surface area contributed by atoms with E-state index in [4.69, 9.17) is 10.2 Å². The quantitative estimate of drug-likeness (QED) is 0.721. The summed E-state index contributed by atoms with van der Waals surface area (Å²) in [5.41, 5.74) is 4.25. The van der Waals surface area contributed by atoms with Crippen molar-refractivity contribution in [2.45, 2.75) is 18.2 Å². The first kappa shape index (κ1) is 17.9. The molecule has 0 radical (unpaired) electrons. The summed E-state index contributed by atoms with van der Waals surface area (Å²) < 4.78 is 24.7. The zero-order chi connectivity index (χ0) is 18.9. The third kappa shape index (κ3) is 3.84. The molecule has 0 fully saturated rings. The van der Waals surface area contributed by atoms with Gasteiger partial charge in [0.15, 0.2) is 0 Å². The molecule has 0 spiro atoms. The van der Waals surface area contributed by atoms with Crippen LogP contribution in [0.4, 0.5) is 0 Å². The van der Waals surface area contributed by atoms with E-state index in [1.54, 1.807) is 18.3 Å². The average Bonchev–Trinajstić information content (AvgIpc) is 2.98. The number of sulfonamides is 1. The van der Waals surface area contributed by atoms with E-state index in [0.29, 0.717) is 11.3 Å². The number of hydrogen-bond acceptors (Lipinski definition) is 3. The molecule has 0 atom stereocenters. The van der Waals surface area contributed by atoms with Crippen LogP contribution in [0, 0.1) is 6.92 Å². The van der Waals surface area contributed by atoms with E-state index in [2.05, 4.69) is 0 Å². The van der Waals surface area contributed by atoms with E-state index in [-0.39, 0.29) is 11.3 Å². The summed E-state index contributed by atoms with van der Waals surface area (Å²) in [4.78, 5) is 11.1. The highest BCUT2D eigenvalue weighted by molar-refractivity contribution is 7.89. The van der Waals surface area contributed by atoms with Crippen LogP contribution in [-0.4, -0.2) is 24.1 Å². The van der Waals surface area contributed by atoms with Crippen molar-refractivity contribution < 1.29 is 18.3 Å². The van der Waals surface area contributed by atoms with Crippen LogP contribution in [0.5, 0.6) is 0 Å². The van der Waals surface area contributed by atoms with Gasteiger partial charge in [-0.05, 0) is 48.4 Å². The lowest BCUT2D eigenvalue weighted by molar-refractivity contribution is -0.136. The molecule has 0 aliphatic rings. The van der Waals surface area contributed by atoms with E-state index in [1.807, 2.05) is 41.8 Å². The van der Waals surface area contributed by atoms with Crippen molar-refractivity contribution in [3.63, 3.8) is 0 Å². The summed E-state index contributed by atoms with van der Waals surface area (Å²) in [5.74, 6) is -0.915. The number of nitrogens with two attached hydrogens (primary N) is 1. The average molecular weight is 370 g/mol. The Morgan fingerprint density at radius 2 is 1.69 bits per heavy atom. The second kappa shape index (κ2) is 6.78. The third-order valence-electron chi connectivity index (χ3n) is 4.02. The Hall–Kier alpha value is -2.90. The Morgan fingerprint density at radius 3 is 2.23 bits per heavy atom. The lowest BCUT2D eigenvalue weighted by atomic mass is 10.1. The van der Waals surface area contributed by atoms with E-state index >= 15 is 0 Å². The van der Waals surface area contributed by atoms with Gasteiger partial charge in [0.1, 0.15) is 0 Å². The first-order chi connectivity index (χ1) is 12.2. The first-order valence-corrected chi connectivity index (χ1v) is 9.42. The first-order valence-electron chi connectivity index (χ1n) is 7.87. The number of rotatable bonds is 5. The fraction of sp³-hybridized carbons (Fsp3) is 0.105. The van der Waals surface area contributed by atoms with Crippen LogP contribution in [0.1, 0.15) is 11.1 Å². The number of carboxylic acid groups (broad SMARTS) is 1. The van der Waals surface area contributed by atoms with Crippen LogP contribution in [0.15, 0.2) is 65.7 Å². The summed E-state index contributed by atoms with van der Waals surface area (Å²) in [6, 6.07) is 15.9. The molecule has 0 bridgehead atoms. The molecule has 3 N–H and O–H groups in total. The van der Waals surface area contributed by atoms with Crippen LogP contribution in [0.2, 0.25) is 0 Å². The Bertz CT molecular complexity index is 1050. The van der Waals surface area contributed by atoms with Crippen molar-refractivity contribution in [3.05, 3.63) is 71.9 Å². The van der Waals surface area contributed by atoms with Gasteiger partial charge < -0.3 is 9.67 Å². The van der Waals surface area contributed by atoms with Crippen molar-refractivity contribution in [1.82, 2.24) is 4.57 Å². The molecule has 1 heterocycles. The van der Waals surface area contributed by atoms with Crippen molar-refractivity contribution in [1.29, 1.82) is 0 Å². The molecule has 26 heavy (non-hydrogen) atoms. The molecule has 6 nitrogen and oxygen atoms in total. The van der Waals surface area contributed by atoms with E-state index in [9.17, 15) is 13.2 Å². The number of aromatic nitrogens is 1. The SMILES string of the molecule is Cc1ccc(-c2cc(CC(=O)O)cn2-c2ccc(S(N)(=O)=O)cc2)cc1. The van der Waals surface area contributed by atoms with Crippen LogP contribution >= 0.6 is 0 Å². The summed E-state index contributed by atoms with van der Waals surface area (Å²) in [5, 5.41) is 14.2. The standard InChI is InChI=1S/C19H18N2O4S/c1-13-2-4-15(5-3-13)18-10-14(11-19(22)23)12-21(18)16-6-8-17(9-7-16)26(20,24)25/h2-10,12H,11H2,1H3,(H,22,23)(H2,20,24,25). The number of primary sulfonamides is 1. The van der Waals surface area contributed by atoms with Crippen LogP contribution < -0.4 is 5.14 Å². The van der Waals surface area contributed by atoms with Gasteiger partial charge in [-0.2, -0.15) is 0 Å². The molecule has 0 saturated carbocycles. The summed E-state index contributed by atoms with van der Waals surface area (Å²) in [6.45, 7) is 1.99. The molecule has 0 aliphatic heterocycles. The number of carbonyl (C=O) groups is 1. The number of nitrogens with zero attached hydrogens (tertiary/aromatic N) is 1. The highest BCUT2D eigenvalue weighted by Gasteiger charge is 2.13. The second-order valence-electron chi connectivity index (χ2n) is 6.08. The fourth-order valence-electron chi connectivity index (χ4n) is 2.75. The molecule has 1 aromatic heterocycles. The topological polar surface area (TPSA) is 102 Å². The largest absolute Gasteiger partial charge is 0.481 e. The van der Waals surface area contributed by atoms with Crippen LogP contribution in [-0.2, 0) is 21.2 Å². The number of hydrogen-bond donors (Lipinski definition) is 2. The maximum absolute atomic E-state index is 11.4. The number of carboxylic acids is 1. The summed E-state index contributed by atoms with van der Waals surface area (Å²) in [7, 11) is -3.77. The Labute approximate surface area is 151 Å². The van der Waals surface area contributed by atoms with Crippen molar-refractivity contribution >= 4 is 16.0 Å². The lowest BCUT2D eigenvalue weighted by Gasteiger charge is -2.10.